The third kappa shape index (κ3) is 4.36. The molecule has 7 heteroatoms. The summed E-state index contributed by atoms with van der Waals surface area (Å²) in [6.45, 7) is 12.9. The van der Waals surface area contributed by atoms with Crippen LogP contribution in [0.5, 0.6) is 0 Å². The third-order valence-corrected chi connectivity index (χ3v) is 5.49. The molecule has 0 unspecified atom stereocenters. The summed E-state index contributed by atoms with van der Waals surface area (Å²) in [7, 11) is 0. The van der Waals surface area contributed by atoms with Crippen molar-refractivity contribution >= 4 is 23.1 Å². The Kier molecular flexibility index (Phi) is 5.92. The number of aryl methyl sites for hydroxylation is 1. The molecule has 2 aromatic rings. The van der Waals surface area contributed by atoms with Crippen molar-refractivity contribution < 1.29 is 4.74 Å². The minimum atomic E-state index is 0.661. The number of anilines is 4. The van der Waals surface area contributed by atoms with Gasteiger partial charge in [0.2, 0.25) is 5.95 Å². The lowest BCUT2D eigenvalue weighted by molar-refractivity contribution is 0.123. The van der Waals surface area contributed by atoms with Gasteiger partial charge in [-0.15, -0.1) is 0 Å². The molecule has 0 spiro atoms. The molecule has 0 saturated carbocycles. The zero-order valence-electron chi connectivity index (χ0n) is 16.9. The highest BCUT2D eigenvalue weighted by Crippen LogP contribution is 2.29. The summed E-state index contributed by atoms with van der Waals surface area (Å²) in [5, 5.41) is 3.47. The number of likely N-dealkylation sites (N-methyl/N-ethyl adjacent to an activating group) is 1. The number of ether oxygens (including phenoxy) is 1. The van der Waals surface area contributed by atoms with Crippen molar-refractivity contribution in [2.24, 2.45) is 0 Å². The fourth-order valence-electron chi connectivity index (χ4n) is 3.84. The quantitative estimate of drug-likeness (QED) is 0.853. The van der Waals surface area contributed by atoms with Gasteiger partial charge in [0.25, 0.3) is 0 Å². The molecule has 28 heavy (non-hydrogen) atoms. The fourth-order valence-corrected chi connectivity index (χ4v) is 3.84. The van der Waals surface area contributed by atoms with Crippen molar-refractivity contribution in [3.8, 4) is 0 Å². The van der Waals surface area contributed by atoms with E-state index in [0.717, 1.165) is 76.2 Å². The predicted molar refractivity (Wildman–Crippen MR) is 114 cm³/mol. The van der Waals surface area contributed by atoms with E-state index >= 15 is 0 Å². The van der Waals surface area contributed by atoms with Gasteiger partial charge in [-0.05, 0) is 25.6 Å². The van der Waals surface area contributed by atoms with Crippen LogP contribution in [0.1, 0.15) is 12.6 Å². The summed E-state index contributed by atoms with van der Waals surface area (Å²) in [6, 6.07) is 10.4. The number of rotatable bonds is 5. The lowest BCUT2D eigenvalue weighted by atomic mass is 10.2. The van der Waals surface area contributed by atoms with Crippen LogP contribution < -0.4 is 15.1 Å². The number of morpholine rings is 1. The molecule has 4 rings (SSSR count). The fraction of sp³-hybridized carbons (Fsp3) is 0.524. The van der Waals surface area contributed by atoms with Gasteiger partial charge in [-0.25, -0.2) is 4.98 Å². The largest absolute Gasteiger partial charge is 0.378 e. The van der Waals surface area contributed by atoms with E-state index in [-0.39, 0.29) is 0 Å². The molecule has 0 bridgehead atoms. The smallest absolute Gasteiger partial charge is 0.229 e. The molecule has 1 aromatic heterocycles. The topological polar surface area (TPSA) is 56.8 Å². The van der Waals surface area contributed by atoms with Gasteiger partial charge in [-0.2, -0.15) is 4.98 Å². The molecule has 7 nitrogen and oxygen atoms in total. The van der Waals surface area contributed by atoms with Crippen LogP contribution in [0.3, 0.4) is 0 Å². The van der Waals surface area contributed by atoms with Gasteiger partial charge in [0.1, 0.15) is 5.82 Å². The van der Waals surface area contributed by atoms with E-state index in [1.54, 1.807) is 0 Å². The van der Waals surface area contributed by atoms with Crippen LogP contribution in [0.4, 0.5) is 23.1 Å². The maximum atomic E-state index is 5.50. The van der Waals surface area contributed by atoms with Crippen LogP contribution >= 0.6 is 0 Å². The van der Waals surface area contributed by atoms with Gasteiger partial charge in [-0.1, -0.05) is 19.1 Å². The minimum Gasteiger partial charge on any atom is -0.378 e. The maximum absolute atomic E-state index is 5.50. The highest BCUT2D eigenvalue weighted by molar-refractivity contribution is 5.73. The number of benzene rings is 1. The van der Waals surface area contributed by atoms with Gasteiger partial charge in [0, 0.05) is 51.0 Å². The zero-order valence-corrected chi connectivity index (χ0v) is 16.9. The highest BCUT2D eigenvalue weighted by Gasteiger charge is 2.19. The number of nitrogens with one attached hydrogen (secondary N) is 1. The number of aromatic nitrogens is 2. The number of nitrogens with zero attached hydrogens (tertiary/aromatic N) is 5. The summed E-state index contributed by atoms with van der Waals surface area (Å²) in [5.41, 5.74) is 3.19. The second-order valence-electron chi connectivity index (χ2n) is 7.35. The Morgan fingerprint density at radius 2 is 1.71 bits per heavy atom. The summed E-state index contributed by atoms with van der Waals surface area (Å²) in [6.07, 6.45) is 0. The van der Waals surface area contributed by atoms with E-state index in [2.05, 4.69) is 56.2 Å². The zero-order chi connectivity index (χ0) is 19.3. The average molecular weight is 383 g/mol. The molecule has 2 aliphatic heterocycles. The van der Waals surface area contributed by atoms with Crippen molar-refractivity contribution in [3.63, 3.8) is 0 Å². The van der Waals surface area contributed by atoms with E-state index in [4.69, 9.17) is 9.72 Å². The van der Waals surface area contributed by atoms with Crippen molar-refractivity contribution in [3.05, 3.63) is 36.0 Å². The first-order valence-electron chi connectivity index (χ1n) is 10.2. The second kappa shape index (κ2) is 8.75. The molecule has 2 fully saturated rings. The van der Waals surface area contributed by atoms with Gasteiger partial charge < -0.3 is 24.8 Å². The van der Waals surface area contributed by atoms with Gasteiger partial charge in [-0.3, -0.25) is 0 Å². The van der Waals surface area contributed by atoms with Gasteiger partial charge in [0.15, 0.2) is 0 Å². The van der Waals surface area contributed by atoms with Crippen LogP contribution in [0, 0.1) is 6.92 Å². The molecule has 2 saturated heterocycles. The molecule has 0 aliphatic carbocycles. The monoisotopic (exact) mass is 382 g/mol. The van der Waals surface area contributed by atoms with Crippen molar-refractivity contribution in [2.75, 3.05) is 74.1 Å². The molecule has 3 heterocycles. The number of para-hydroxylation sites is 2. The van der Waals surface area contributed by atoms with Crippen LogP contribution in [0.15, 0.2) is 30.3 Å². The third-order valence-electron chi connectivity index (χ3n) is 5.49. The molecule has 1 N–H and O–H groups in total. The maximum Gasteiger partial charge on any atom is 0.229 e. The molecular weight excluding hydrogens is 352 g/mol. The Morgan fingerprint density at radius 1 is 0.964 bits per heavy atom. The molecule has 0 amide bonds. The lowest BCUT2D eigenvalue weighted by Crippen LogP contribution is -2.46. The highest BCUT2D eigenvalue weighted by atomic mass is 16.5. The van der Waals surface area contributed by atoms with Crippen LogP contribution in [-0.2, 0) is 4.74 Å². The first-order valence-corrected chi connectivity index (χ1v) is 10.2. The molecular formula is C21H30N6O. The second-order valence-corrected chi connectivity index (χ2v) is 7.35. The van der Waals surface area contributed by atoms with E-state index in [0.29, 0.717) is 5.95 Å². The van der Waals surface area contributed by atoms with Gasteiger partial charge in [0.05, 0.1) is 24.6 Å². The number of piperazine rings is 1. The van der Waals surface area contributed by atoms with Crippen LogP contribution in [0.25, 0.3) is 0 Å². The van der Waals surface area contributed by atoms with E-state index in [9.17, 15) is 0 Å². The lowest BCUT2D eigenvalue weighted by Gasteiger charge is -2.35. The number of hydrogen-bond acceptors (Lipinski definition) is 7. The Morgan fingerprint density at radius 3 is 2.46 bits per heavy atom. The Balaban J connectivity index is 1.53. The predicted octanol–water partition coefficient (Wildman–Crippen LogP) is 2.51. The van der Waals surface area contributed by atoms with E-state index < -0.39 is 0 Å². The van der Waals surface area contributed by atoms with Crippen molar-refractivity contribution in [1.82, 2.24) is 14.9 Å². The number of hydrogen-bond donors (Lipinski definition) is 1. The average Bonchev–Trinajstić information content (AvgIpc) is 2.74. The first-order chi connectivity index (χ1) is 13.7. The van der Waals surface area contributed by atoms with Crippen molar-refractivity contribution in [2.45, 2.75) is 13.8 Å². The van der Waals surface area contributed by atoms with E-state index in [1.165, 1.54) is 5.69 Å². The normalized spacial score (nSPS) is 18.4. The van der Waals surface area contributed by atoms with Crippen LogP contribution in [0.2, 0.25) is 0 Å². The summed E-state index contributed by atoms with van der Waals surface area (Å²) in [4.78, 5) is 16.7. The standard InChI is InChI=1S/C21H30N6O/c1-3-25-8-10-27(11-9-25)20-16-17(2)22-21(24-20)23-18-6-4-5-7-19(18)26-12-14-28-15-13-26/h4-7,16H,3,8-15H2,1-2H3,(H,22,23,24). The van der Waals surface area contributed by atoms with Gasteiger partial charge >= 0.3 is 0 Å². The summed E-state index contributed by atoms with van der Waals surface area (Å²) < 4.78 is 5.50. The molecule has 150 valence electrons. The molecule has 0 atom stereocenters. The summed E-state index contributed by atoms with van der Waals surface area (Å²) in [5.74, 6) is 1.67. The molecule has 1 aromatic carbocycles. The summed E-state index contributed by atoms with van der Waals surface area (Å²) >= 11 is 0. The first kappa shape index (κ1) is 19.0. The van der Waals surface area contributed by atoms with E-state index in [1.807, 2.05) is 13.0 Å². The molecule has 0 radical (unpaired) electrons. The van der Waals surface area contributed by atoms with Crippen molar-refractivity contribution in [1.29, 1.82) is 0 Å². The molecule has 2 aliphatic rings. The Bertz CT molecular complexity index is 784. The SMILES string of the molecule is CCN1CCN(c2cc(C)nc(Nc3ccccc3N3CCOCC3)n2)CC1. The minimum absolute atomic E-state index is 0.661. The Hall–Kier alpha value is -2.38. The van der Waals surface area contributed by atoms with Crippen LogP contribution in [-0.4, -0.2) is 73.9 Å². The Labute approximate surface area is 167 Å².